The molecule has 0 aliphatic carbocycles. The topological polar surface area (TPSA) is 27.1 Å². The van der Waals surface area contributed by atoms with Crippen LogP contribution in [0.1, 0.15) is 31.9 Å². The van der Waals surface area contributed by atoms with Crippen molar-refractivity contribution >= 4 is 68.9 Å². The Balaban J connectivity index is 1.51. The summed E-state index contributed by atoms with van der Waals surface area (Å²) in [6.07, 6.45) is 0. The van der Waals surface area contributed by atoms with Gasteiger partial charge in [-0.3, -0.25) is 0 Å². The molecule has 0 saturated carbocycles. The summed E-state index contributed by atoms with van der Waals surface area (Å²) < 4.78 is 10.2. The van der Waals surface area contributed by atoms with Gasteiger partial charge in [-0.1, -0.05) is 111 Å². The Hall–Kier alpha value is -2.41. The fourth-order valence-electron chi connectivity index (χ4n) is 5.27. The van der Waals surface area contributed by atoms with Crippen LogP contribution in [0.5, 0.6) is 0 Å². The summed E-state index contributed by atoms with van der Waals surface area (Å²) in [7, 11) is -2.66. The number of hydrogen-bond acceptors (Lipinski definition) is 2. The van der Waals surface area contributed by atoms with Crippen molar-refractivity contribution in [2.45, 2.75) is 39.0 Å². The summed E-state index contributed by atoms with van der Waals surface area (Å²) in [5.74, 6) is 0. The number of hydrogen-bond donors (Lipinski definition) is 0. The van der Waals surface area contributed by atoms with Crippen molar-refractivity contribution in [3.63, 3.8) is 0 Å². The Labute approximate surface area is 243 Å². The first-order chi connectivity index (χ1) is 18.2. The summed E-state index contributed by atoms with van der Waals surface area (Å²) in [6, 6.07) is 33.4. The highest BCUT2D eigenvalue weighted by Gasteiger charge is 2.50. The molecule has 5 aromatic rings. The highest BCUT2D eigenvalue weighted by atomic mass is 79.9. The van der Waals surface area contributed by atoms with E-state index in [4.69, 9.17) is 27.6 Å². The fourth-order valence-corrected chi connectivity index (χ4v) is 10.8. The van der Waals surface area contributed by atoms with E-state index in [1.165, 1.54) is 10.4 Å². The van der Waals surface area contributed by atoms with Gasteiger partial charge in [-0.05, 0) is 72.8 Å². The van der Waals surface area contributed by atoms with E-state index in [2.05, 4.69) is 113 Å². The number of halogens is 3. The summed E-state index contributed by atoms with van der Waals surface area (Å²) in [5, 5.41) is 3.59. The molecule has 3 nitrogen and oxygen atoms in total. The third-order valence-electron chi connectivity index (χ3n) is 6.90. The Kier molecular flexibility index (Phi) is 7.86. The molecule has 0 bridgehead atoms. The molecule has 0 aliphatic rings. The molecule has 0 atom stereocenters. The van der Waals surface area contributed by atoms with Gasteiger partial charge in [-0.15, -0.1) is 0 Å². The van der Waals surface area contributed by atoms with E-state index in [0.29, 0.717) is 23.3 Å². The van der Waals surface area contributed by atoms with Gasteiger partial charge < -0.3 is 8.99 Å². The highest BCUT2D eigenvalue weighted by molar-refractivity contribution is 9.10. The van der Waals surface area contributed by atoms with E-state index < -0.39 is 8.32 Å². The minimum Gasteiger partial charge on any atom is -0.403 e. The van der Waals surface area contributed by atoms with Crippen LogP contribution in [0.15, 0.2) is 102 Å². The van der Waals surface area contributed by atoms with Crippen molar-refractivity contribution in [3.8, 4) is 0 Å². The van der Waals surface area contributed by atoms with Crippen molar-refractivity contribution in [1.29, 1.82) is 0 Å². The highest BCUT2D eigenvalue weighted by Crippen LogP contribution is 2.37. The third-order valence-corrected chi connectivity index (χ3v) is 13.0. The summed E-state index contributed by atoms with van der Waals surface area (Å²) in [6.45, 7) is 7.97. The van der Waals surface area contributed by atoms with Gasteiger partial charge >= 0.3 is 0 Å². The molecule has 194 valence electrons. The lowest BCUT2D eigenvalue weighted by Gasteiger charge is -2.43. The molecule has 7 heteroatoms. The van der Waals surface area contributed by atoms with E-state index in [9.17, 15) is 0 Å². The van der Waals surface area contributed by atoms with Gasteiger partial charge in [0.2, 0.25) is 0 Å². The van der Waals surface area contributed by atoms with Gasteiger partial charge in [0.1, 0.15) is 5.15 Å². The van der Waals surface area contributed by atoms with Gasteiger partial charge in [-0.25, -0.2) is 4.98 Å². The standard InChI is InChI=1S/C31H29BrCl2N2OSi/c1-31(2,3)38(25-10-6-4-7-11-25,26-12-8-5-9-13-26)37-21-23-16-22(17-24(33)18-23)20-36-28-14-15-30(34)35-27(28)19-29(36)32/h4-19H,20-21H2,1-3H3. The fraction of sp³-hybridized carbons (Fsp3) is 0.194. The second-order valence-electron chi connectivity index (χ2n) is 10.5. The average molecular weight is 624 g/mol. The minimum atomic E-state index is -2.66. The van der Waals surface area contributed by atoms with Crippen LogP contribution < -0.4 is 10.4 Å². The van der Waals surface area contributed by atoms with E-state index in [0.717, 1.165) is 26.8 Å². The Morgan fingerprint density at radius 3 is 2.03 bits per heavy atom. The minimum absolute atomic E-state index is 0.0969. The Morgan fingerprint density at radius 1 is 0.816 bits per heavy atom. The predicted octanol–water partition coefficient (Wildman–Crippen LogP) is 8.23. The monoisotopic (exact) mass is 622 g/mol. The van der Waals surface area contributed by atoms with Gasteiger partial charge in [0, 0.05) is 11.6 Å². The van der Waals surface area contributed by atoms with E-state index in [-0.39, 0.29) is 5.04 Å². The smallest absolute Gasteiger partial charge is 0.261 e. The molecule has 2 heterocycles. The second-order valence-corrected chi connectivity index (χ2v) is 16.5. The molecular weight excluding hydrogens is 595 g/mol. The number of benzene rings is 3. The van der Waals surface area contributed by atoms with E-state index >= 15 is 0 Å². The van der Waals surface area contributed by atoms with Gasteiger partial charge in [-0.2, -0.15) is 0 Å². The lowest BCUT2D eigenvalue weighted by atomic mass is 10.1. The summed E-state index contributed by atoms with van der Waals surface area (Å²) in [4.78, 5) is 4.44. The third kappa shape index (κ3) is 5.36. The van der Waals surface area contributed by atoms with Crippen molar-refractivity contribution < 1.29 is 4.43 Å². The first kappa shape index (κ1) is 27.2. The van der Waals surface area contributed by atoms with Crippen molar-refractivity contribution in [3.05, 3.63) is 123 Å². The van der Waals surface area contributed by atoms with Crippen molar-refractivity contribution in [2.75, 3.05) is 0 Å². The first-order valence-electron chi connectivity index (χ1n) is 12.5. The summed E-state index contributed by atoms with van der Waals surface area (Å²) >= 11 is 16.4. The number of nitrogens with zero attached hydrogens (tertiary/aromatic N) is 2. The van der Waals surface area contributed by atoms with Crippen LogP contribution in [0.3, 0.4) is 0 Å². The molecule has 2 aromatic heterocycles. The zero-order valence-corrected chi connectivity index (χ0v) is 25.7. The van der Waals surface area contributed by atoms with E-state index in [1.807, 2.05) is 30.3 Å². The zero-order chi connectivity index (χ0) is 26.9. The van der Waals surface area contributed by atoms with Crippen molar-refractivity contribution in [2.24, 2.45) is 0 Å². The predicted molar refractivity (Wildman–Crippen MR) is 165 cm³/mol. The van der Waals surface area contributed by atoms with Crippen LogP contribution in [-0.2, 0) is 17.6 Å². The zero-order valence-electron chi connectivity index (χ0n) is 21.6. The molecule has 0 aliphatic heterocycles. The van der Waals surface area contributed by atoms with Crippen LogP contribution in [0.25, 0.3) is 11.0 Å². The van der Waals surface area contributed by atoms with E-state index in [1.54, 1.807) is 0 Å². The van der Waals surface area contributed by atoms with Crippen LogP contribution in [-0.4, -0.2) is 17.9 Å². The molecule has 0 radical (unpaired) electrons. The largest absolute Gasteiger partial charge is 0.403 e. The van der Waals surface area contributed by atoms with Gasteiger partial charge in [0.25, 0.3) is 8.32 Å². The lowest BCUT2D eigenvalue weighted by Crippen LogP contribution is -2.66. The molecule has 0 spiro atoms. The molecule has 0 unspecified atom stereocenters. The molecule has 0 fully saturated rings. The quantitative estimate of drug-likeness (QED) is 0.135. The molecule has 38 heavy (non-hydrogen) atoms. The molecule has 0 amide bonds. The van der Waals surface area contributed by atoms with Crippen LogP contribution in [0.4, 0.5) is 0 Å². The van der Waals surface area contributed by atoms with Crippen LogP contribution >= 0.6 is 39.1 Å². The first-order valence-corrected chi connectivity index (χ1v) is 16.0. The number of rotatable bonds is 7. The SMILES string of the molecule is CC(C)(C)[Si](OCc1cc(Cl)cc(Cn2c(Br)cc3nc(Cl)ccc32)c1)(c1ccccc1)c1ccccc1. The number of fused-ring (bicyclic) bond motifs is 1. The normalized spacial score (nSPS) is 12.3. The molecule has 5 rings (SSSR count). The van der Waals surface area contributed by atoms with Gasteiger partial charge in [0.05, 0.1) is 22.2 Å². The maximum absolute atomic E-state index is 7.14. The Bertz CT molecular complexity index is 1530. The second kappa shape index (κ2) is 11.0. The maximum Gasteiger partial charge on any atom is 0.261 e. The van der Waals surface area contributed by atoms with Crippen LogP contribution in [0, 0.1) is 0 Å². The maximum atomic E-state index is 7.14. The summed E-state index contributed by atoms with van der Waals surface area (Å²) in [5.41, 5.74) is 3.99. The number of pyridine rings is 1. The molecule has 0 saturated heterocycles. The molecule has 0 N–H and O–H groups in total. The molecule has 3 aromatic carbocycles. The Morgan fingerprint density at radius 2 is 1.42 bits per heavy atom. The van der Waals surface area contributed by atoms with Crippen molar-refractivity contribution in [1.82, 2.24) is 9.55 Å². The lowest BCUT2D eigenvalue weighted by molar-refractivity contribution is 0.286. The number of aromatic nitrogens is 2. The van der Waals surface area contributed by atoms with Gasteiger partial charge in [0.15, 0.2) is 0 Å². The molecular formula is C31H29BrCl2N2OSi. The van der Waals surface area contributed by atoms with Crippen LogP contribution in [0.2, 0.25) is 15.2 Å². The average Bonchev–Trinajstić information content (AvgIpc) is 3.18.